The van der Waals surface area contributed by atoms with Gasteiger partial charge >= 0.3 is 0 Å². The van der Waals surface area contributed by atoms with Crippen molar-refractivity contribution in [3.05, 3.63) is 34.9 Å². The molecule has 1 aromatic rings. The lowest BCUT2D eigenvalue weighted by Crippen LogP contribution is -2.38. The number of halogens is 2. The van der Waals surface area contributed by atoms with E-state index in [0.29, 0.717) is 0 Å². The van der Waals surface area contributed by atoms with E-state index in [0.717, 1.165) is 49.2 Å². The minimum absolute atomic E-state index is 0. The number of hydrogen-bond donors (Lipinski definition) is 2. The van der Waals surface area contributed by atoms with Crippen LogP contribution in [0.1, 0.15) is 18.9 Å². The van der Waals surface area contributed by atoms with Crippen LogP contribution in [-0.4, -0.2) is 37.6 Å². The summed E-state index contributed by atoms with van der Waals surface area (Å²) in [5, 5.41) is 7.38. The predicted molar refractivity (Wildman–Crippen MR) is 108 cm³/mol. The molecule has 0 aliphatic heterocycles. The molecule has 1 aromatic carbocycles. The van der Waals surface area contributed by atoms with E-state index in [9.17, 15) is 0 Å². The Labute approximate surface area is 154 Å². The van der Waals surface area contributed by atoms with Crippen LogP contribution in [0.25, 0.3) is 0 Å². The monoisotopic (exact) mass is 441 g/mol. The van der Waals surface area contributed by atoms with Crippen molar-refractivity contribution in [2.75, 3.05) is 31.6 Å². The number of aryl methyl sites for hydroxylation is 1. The molecule has 1 rings (SSSR count). The van der Waals surface area contributed by atoms with E-state index >= 15 is 0 Å². The molecule has 2 N–H and O–H groups in total. The van der Waals surface area contributed by atoms with Crippen molar-refractivity contribution in [2.24, 2.45) is 4.99 Å². The second-order valence-corrected chi connectivity index (χ2v) is 5.83. The third-order valence-corrected chi connectivity index (χ3v) is 3.61. The van der Waals surface area contributed by atoms with Gasteiger partial charge in [0, 0.05) is 30.4 Å². The Morgan fingerprint density at radius 1 is 1.24 bits per heavy atom. The van der Waals surface area contributed by atoms with Crippen LogP contribution in [-0.2, 0) is 6.42 Å². The van der Waals surface area contributed by atoms with Gasteiger partial charge in [-0.2, -0.15) is 11.8 Å². The maximum absolute atomic E-state index is 5.87. The van der Waals surface area contributed by atoms with E-state index in [-0.39, 0.29) is 24.0 Å². The maximum Gasteiger partial charge on any atom is 0.191 e. The van der Waals surface area contributed by atoms with Crippen LogP contribution in [0.2, 0.25) is 5.02 Å². The fraction of sp³-hybridized carbons (Fsp3) is 0.533. The van der Waals surface area contributed by atoms with E-state index in [2.05, 4.69) is 40.9 Å². The zero-order valence-electron chi connectivity index (χ0n) is 12.7. The van der Waals surface area contributed by atoms with Gasteiger partial charge in [-0.25, -0.2) is 0 Å². The molecule has 0 aromatic heterocycles. The third-order valence-electron chi connectivity index (χ3n) is 2.75. The average Bonchev–Trinajstić information content (AvgIpc) is 2.45. The van der Waals surface area contributed by atoms with Gasteiger partial charge in [0.25, 0.3) is 0 Å². The Bertz CT molecular complexity index is 398. The van der Waals surface area contributed by atoms with E-state index < -0.39 is 0 Å². The summed E-state index contributed by atoms with van der Waals surface area (Å²) in [4.78, 5) is 4.58. The van der Waals surface area contributed by atoms with Gasteiger partial charge < -0.3 is 10.6 Å². The molecule has 6 heteroatoms. The molecule has 0 radical (unpaired) electrons. The molecular formula is C15H25ClIN3S. The molecule has 0 saturated carbocycles. The van der Waals surface area contributed by atoms with Crippen molar-refractivity contribution in [1.29, 1.82) is 0 Å². The lowest BCUT2D eigenvalue weighted by Gasteiger charge is -2.10. The van der Waals surface area contributed by atoms with Crippen LogP contribution >= 0.6 is 47.3 Å². The highest BCUT2D eigenvalue weighted by Crippen LogP contribution is 2.10. The lowest BCUT2D eigenvalue weighted by molar-refractivity contribution is 0.796. The summed E-state index contributed by atoms with van der Waals surface area (Å²) in [6.45, 7) is 4.75. The van der Waals surface area contributed by atoms with E-state index in [4.69, 9.17) is 11.6 Å². The Hall–Kier alpha value is -0.140. The molecule has 0 heterocycles. The number of rotatable bonds is 8. The summed E-state index contributed by atoms with van der Waals surface area (Å²) < 4.78 is 0. The lowest BCUT2D eigenvalue weighted by atomic mass is 10.1. The van der Waals surface area contributed by atoms with Crippen LogP contribution in [0.3, 0.4) is 0 Å². The second-order valence-electron chi connectivity index (χ2n) is 4.41. The summed E-state index contributed by atoms with van der Waals surface area (Å²) in [5.74, 6) is 2.01. The van der Waals surface area contributed by atoms with Gasteiger partial charge in [0.2, 0.25) is 0 Å². The predicted octanol–water partition coefficient (Wildman–Crippen LogP) is 3.81. The average molecular weight is 442 g/mol. The fourth-order valence-corrected chi connectivity index (χ4v) is 2.17. The van der Waals surface area contributed by atoms with Crippen molar-refractivity contribution in [3.8, 4) is 0 Å². The highest BCUT2D eigenvalue weighted by atomic mass is 127. The number of aliphatic imine (C=N–C) groups is 1. The number of benzene rings is 1. The first-order valence-electron chi connectivity index (χ1n) is 7.01. The molecule has 3 nitrogen and oxygen atoms in total. The van der Waals surface area contributed by atoms with Gasteiger partial charge in [-0.15, -0.1) is 24.0 Å². The summed E-state index contributed by atoms with van der Waals surface area (Å²) in [6, 6.07) is 8.03. The third kappa shape index (κ3) is 10.3. The summed E-state index contributed by atoms with van der Waals surface area (Å²) >= 11 is 7.70. The van der Waals surface area contributed by atoms with Crippen LogP contribution in [0, 0.1) is 0 Å². The molecule has 0 bridgehead atoms. The van der Waals surface area contributed by atoms with Crippen LogP contribution < -0.4 is 10.6 Å². The van der Waals surface area contributed by atoms with Gasteiger partial charge in [0.15, 0.2) is 5.96 Å². The van der Waals surface area contributed by atoms with Crippen molar-refractivity contribution in [1.82, 2.24) is 10.6 Å². The van der Waals surface area contributed by atoms with Gasteiger partial charge in [-0.3, -0.25) is 4.99 Å². The number of nitrogens with one attached hydrogen (secondary N) is 2. The number of hydrogen-bond acceptors (Lipinski definition) is 2. The first kappa shape index (κ1) is 20.9. The summed E-state index contributed by atoms with van der Waals surface area (Å²) in [7, 11) is 0. The molecule has 0 saturated heterocycles. The molecular weight excluding hydrogens is 417 g/mol. The Balaban J connectivity index is 0.00000400. The SMILES string of the molecule is CCNC(=NCCCc1ccc(Cl)cc1)NCCSC.I. The molecule has 21 heavy (non-hydrogen) atoms. The Morgan fingerprint density at radius 2 is 1.95 bits per heavy atom. The zero-order valence-corrected chi connectivity index (χ0v) is 16.6. The highest BCUT2D eigenvalue weighted by molar-refractivity contribution is 14.0. The molecule has 0 atom stereocenters. The molecule has 0 fully saturated rings. The number of guanidine groups is 1. The van der Waals surface area contributed by atoms with Crippen LogP contribution in [0.15, 0.2) is 29.3 Å². The van der Waals surface area contributed by atoms with Crippen LogP contribution in [0.5, 0.6) is 0 Å². The van der Waals surface area contributed by atoms with E-state index in [1.165, 1.54) is 5.56 Å². The molecule has 0 spiro atoms. The molecule has 0 aliphatic rings. The standard InChI is InChI=1S/C15H24ClN3S.HI/c1-3-17-15(19-11-12-20-2)18-10-4-5-13-6-8-14(16)9-7-13;/h6-9H,3-5,10-12H2,1-2H3,(H2,17,18,19);1H. The number of thioether (sulfide) groups is 1. The topological polar surface area (TPSA) is 36.4 Å². The summed E-state index contributed by atoms with van der Waals surface area (Å²) in [6.07, 6.45) is 4.18. The first-order chi connectivity index (χ1) is 9.76. The highest BCUT2D eigenvalue weighted by Gasteiger charge is 1.97. The quantitative estimate of drug-likeness (QED) is 0.279. The summed E-state index contributed by atoms with van der Waals surface area (Å²) in [5.41, 5.74) is 1.31. The zero-order chi connectivity index (χ0) is 14.6. The minimum atomic E-state index is 0. The van der Waals surface area contributed by atoms with E-state index in [1.54, 1.807) is 0 Å². The number of nitrogens with zero attached hydrogens (tertiary/aromatic N) is 1. The van der Waals surface area contributed by atoms with Crippen molar-refractivity contribution >= 4 is 53.3 Å². The van der Waals surface area contributed by atoms with Crippen molar-refractivity contribution < 1.29 is 0 Å². The van der Waals surface area contributed by atoms with Crippen molar-refractivity contribution in [3.63, 3.8) is 0 Å². The molecule has 0 amide bonds. The smallest absolute Gasteiger partial charge is 0.191 e. The normalized spacial score (nSPS) is 10.9. The fourth-order valence-electron chi connectivity index (χ4n) is 1.74. The van der Waals surface area contributed by atoms with Gasteiger partial charge in [-0.05, 0) is 43.7 Å². The maximum atomic E-state index is 5.87. The van der Waals surface area contributed by atoms with Gasteiger partial charge in [0.1, 0.15) is 0 Å². The largest absolute Gasteiger partial charge is 0.357 e. The molecule has 120 valence electrons. The second kappa shape index (κ2) is 13.5. The molecule has 0 aliphatic carbocycles. The minimum Gasteiger partial charge on any atom is -0.357 e. The Morgan fingerprint density at radius 3 is 2.57 bits per heavy atom. The van der Waals surface area contributed by atoms with E-state index in [1.807, 2.05) is 23.9 Å². The Kier molecular flexibility index (Phi) is 13.4. The van der Waals surface area contributed by atoms with Crippen LogP contribution in [0.4, 0.5) is 0 Å². The molecule has 0 unspecified atom stereocenters. The van der Waals surface area contributed by atoms with Gasteiger partial charge in [0.05, 0.1) is 0 Å². The van der Waals surface area contributed by atoms with Gasteiger partial charge in [-0.1, -0.05) is 23.7 Å². The van der Waals surface area contributed by atoms with Crippen molar-refractivity contribution in [2.45, 2.75) is 19.8 Å². The first-order valence-corrected chi connectivity index (χ1v) is 8.79.